The second-order valence-electron chi connectivity index (χ2n) is 8.60. The van der Waals surface area contributed by atoms with Crippen LogP contribution in [0.2, 0.25) is 0 Å². The van der Waals surface area contributed by atoms with Crippen LogP contribution in [-0.2, 0) is 11.2 Å². The summed E-state index contributed by atoms with van der Waals surface area (Å²) in [4.78, 5) is 34.4. The summed E-state index contributed by atoms with van der Waals surface area (Å²) < 4.78 is 10.6. The number of anilines is 2. The number of methoxy groups -OCH3 is 2. The molecule has 1 N–H and O–H groups in total. The molecule has 8 nitrogen and oxygen atoms in total. The highest BCUT2D eigenvalue weighted by Crippen LogP contribution is 2.28. The van der Waals surface area contributed by atoms with Crippen LogP contribution in [0.25, 0.3) is 0 Å². The Morgan fingerprint density at radius 2 is 1.64 bits per heavy atom. The molecule has 0 bridgehead atoms. The van der Waals surface area contributed by atoms with Gasteiger partial charge in [0.2, 0.25) is 5.91 Å². The minimum Gasteiger partial charge on any atom is -0.497 e. The van der Waals surface area contributed by atoms with Gasteiger partial charge in [-0.3, -0.25) is 9.59 Å². The van der Waals surface area contributed by atoms with Crippen molar-refractivity contribution in [1.29, 1.82) is 0 Å². The molecular formula is C28H32N4O4. The van der Waals surface area contributed by atoms with Crippen molar-refractivity contribution in [1.82, 2.24) is 14.8 Å². The van der Waals surface area contributed by atoms with E-state index in [2.05, 4.69) is 10.3 Å². The average molecular weight is 489 g/mol. The van der Waals surface area contributed by atoms with Crippen LogP contribution in [-0.4, -0.2) is 67.0 Å². The number of aromatic nitrogens is 1. The molecule has 1 aromatic heterocycles. The van der Waals surface area contributed by atoms with Gasteiger partial charge >= 0.3 is 0 Å². The van der Waals surface area contributed by atoms with Gasteiger partial charge in [-0.1, -0.05) is 24.3 Å². The lowest BCUT2D eigenvalue weighted by Gasteiger charge is -2.23. The Labute approximate surface area is 211 Å². The van der Waals surface area contributed by atoms with E-state index in [0.717, 1.165) is 23.4 Å². The highest BCUT2D eigenvalue weighted by molar-refractivity contribution is 5.99. The molecule has 3 aromatic rings. The Bertz CT molecular complexity index is 1180. The van der Waals surface area contributed by atoms with Gasteiger partial charge in [0.25, 0.3) is 5.91 Å². The fourth-order valence-electron chi connectivity index (χ4n) is 4.29. The Hall–Kier alpha value is -4.07. The van der Waals surface area contributed by atoms with E-state index in [1.54, 1.807) is 37.4 Å². The van der Waals surface area contributed by atoms with E-state index in [-0.39, 0.29) is 11.8 Å². The molecule has 0 spiro atoms. The summed E-state index contributed by atoms with van der Waals surface area (Å²) in [5, 5.41) is 3.24. The molecule has 36 heavy (non-hydrogen) atoms. The minimum atomic E-state index is -0.104. The molecule has 0 saturated carbocycles. The highest BCUT2D eigenvalue weighted by Gasteiger charge is 2.25. The number of hydrogen-bond donors (Lipinski definition) is 1. The third-order valence-corrected chi connectivity index (χ3v) is 6.32. The smallest absolute Gasteiger partial charge is 0.257 e. The molecular weight excluding hydrogens is 456 g/mol. The highest BCUT2D eigenvalue weighted by atomic mass is 16.5. The number of para-hydroxylation sites is 2. The van der Waals surface area contributed by atoms with Crippen LogP contribution in [0.1, 0.15) is 28.8 Å². The number of rotatable bonds is 8. The second kappa shape index (κ2) is 12.1. The normalized spacial score (nSPS) is 13.6. The Morgan fingerprint density at radius 3 is 2.42 bits per heavy atom. The van der Waals surface area contributed by atoms with Crippen molar-refractivity contribution in [3.63, 3.8) is 0 Å². The molecule has 188 valence electrons. The number of aryl methyl sites for hydroxylation is 1. The van der Waals surface area contributed by atoms with Gasteiger partial charge in [0.05, 0.1) is 25.5 Å². The molecule has 1 aliphatic heterocycles. The first kappa shape index (κ1) is 25.0. The second-order valence-corrected chi connectivity index (χ2v) is 8.60. The molecule has 4 rings (SSSR count). The molecule has 8 heteroatoms. The zero-order chi connectivity index (χ0) is 25.3. The Kier molecular flexibility index (Phi) is 8.39. The van der Waals surface area contributed by atoms with E-state index in [1.807, 2.05) is 53.4 Å². The lowest BCUT2D eigenvalue weighted by molar-refractivity contribution is -0.131. The number of pyridine rings is 1. The van der Waals surface area contributed by atoms with Crippen molar-refractivity contribution in [2.24, 2.45) is 0 Å². The van der Waals surface area contributed by atoms with E-state index in [9.17, 15) is 9.59 Å². The summed E-state index contributed by atoms with van der Waals surface area (Å²) in [6.45, 7) is 2.23. The molecule has 1 aliphatic rings. The van der Waals surface area contributed by atoms with Crippen molar-refractivity contribution in [2.45, 2.75) is 19.3 Å². The summed E-state index contributed by atoms with van der Waals surface area (Å²) in [5.74, 6) is 1.95. The minimum absolute atomic E-state index is 0.104. The first-order valence-electron chi connectivity index (χ1n) is 12.1. The van der Waals surface area contributed by atoms with Crippen LogP contribution in [0, 0.1) is 0 Å². The predicted octanol–water partition coefficient (Wildman–Crippen LogP) is 4.15. The van der Waals surface area contributed by atoms with Crippen LogP contribution >= 0.6 is 0 Å². The van der Waals surface area contributed by atoms with E-state index >= 15 is 0 Å². The standard InChI is InChI=1S/C28H32N4O4/c1-35-22-13-10-21(11-14-22)12-15-26(33)31-17-6-18-32(20-19-31)28(34)23-7-5-16-29-27(23)30-24-8-3-4-9-25(24)36-2/h3-5,7-11,13-14,16H,6,12,15,17-20H2,1-2H3,(H,29,30). The molecule has 1 saturated heterocycles. The van der Waals surface area contributed by atoms with E-state index < -0.39 is 0 Å². The van der Waals surface area contributed by atoms with Crippen molar-refractivity contribution >= 4 is 23.3 Å². The molecule has 0 atom stereocenters. The van der Waals surface area contributed by atoms with Gasteiger partial charge in [-0.15, -0.1) is 0 Å². The average Bonchev–Trinajstić information content (AvgIpc) is 3.19. The van der Waals surface area contributed by atoms with Gasteiger partial charge in [-0.25, -0.2) is 4.98 Å². The van der Waals surface area contributed by atoms with Gasteiger partial charge in [-0.05, 0) is 54.8 Å². The molecule has 2 heterocycles. The SMILES string of the molecule is COc1ccc(CCC(=O)N2CCCN(C(=O)c3cccnc3Nc3ccccc3OC)CC2)cc1. The van der Waals surface area contributed by atoms with Gasteiger partial charge in [0.15, 0.2) is 0 Å². The van der Waals surface area contributed by atoms with Crippen LogP contribution in [0.3, 0.4) is 0 Å². The monoisotopic (exact) mass is 488 g/mol. The van der Waals surface area contributed by atoms with E-state index in [4.69, 9.17) is 9.47 Å². The van der Waals surface area contributed by atoms with Crippen LogP contribution in [0.15, 0.2) is 66.9 Å². The van der Waals surface area contributed by atoms with Crippen LogP contribution < -0.4 is 14.8 Å². The molecule has 0 aliphatic carbocycles. The van der Waals surface area contributed by atoms with Crippen LogP contribution in [0.5, 0.6) is 11.5 Å². The number of carbonyl (C=O) groups is 2. The number of carbonyl (C=O) groups excluding carboxylic acids is 2. The Balaban J connectivity index is 1.37. The fraction of sp³-hybridized carbons (Fsp3) is 0.321. The molecule has 1 fully saturated rings. The van der Waals surface area contributed by atoms with Gasteiger partial charge < -0.3 is 24.6 Å². The summed E-state index contributed by atoms with van der Waals surface area (Å²) in [6.07, 6.45) is 3.50. The van der Waals surface area contributed by atoms with E-state index in [0.29, 0.717) is 56.2 Å². The fourth-order valence-corrected chi connectivity index (χ4v) is 4.29. The number of nitrogens with zero attached hydrogens (tertiary/aromatic N) is 3. The topological polar surface area (TPSA) is 84.0 Å². The van der Waals surface area contributed by atoms with Crippen molar-refractivity contribution in [3.05, 3.63) is 78.0 Å². The maximum Gasteiger partial charge on any atom is 0.257 e. The lowest BCUT2D eigenvalue weighted by Crippen LogP contribution is -2.37. The summed E-state index contributed by atoms with van der Waals surface area (Å²) in [7, 11) is 3.24. The van der Waals surface area contributed by atoms with Crippen molar-refractivity contribution in [3.8, 4) is 11.5 Å². The van der Waals surface area contributed by atoms with E-state index in [1.165, 1.54) is 0 Å². The summed E-state index contributed by atoms with van der Waals surface area (Å²) in [6, 6.07) is 18.8. The molecule has 2 aromatic carbocycles. The molecule has 2 amide bonds. The number of hydrogen-bond acceptors (Lipinski definition) is 6. The first-order chi connectivity index (χ1) is 17.6. The maximum absolute atomic E-state index is 13.5. The number of benzene rings is 2. The molecule has 0 radical (unpaired) electrons. The van der Waals surface area contributed by atoms with Crippen LogP contribution in [0.4, 0.5) is 11.5 Å². The number of nitrogens with one attached hydrogen (secondary N) is 1. The number of ether oxygens (including phenoxy) is 2. The lowest BCUT2D eigenvalue weighted by atomic mass is 10.1. The van der Waals surface area contributed by atoms with Gasteiger partial charge in [-0.2, -0.15) is 0 Å². The third kappa shape index (κ3) is 6.13. The Morgan fingerprint density at radius 1 is 0.889 bits per heavy atom. The summed E-state index contributed by atoms with van der Waals surface area (Å²) >= 11 is 0. The zero-order valence-corrected chi connectivity index (χ0v) is 20.8. The molecule has 0 unspecified atom stereocenters. The zero-order valence-electron chi connectivity index (χ0n) is 20.8. The van der Waals surface area contributed by atoms with Gasteiger partial charge in [0.1, 0.15) is 17.3 Å². The van der Waals surface area contributed by atoms with Gasteiger partial charge in [0, 0.05) is 38.8 Å². The predicted molar refractivity (Wildman–Crippen MR) is 139 cm³/mol. The third-order valence-electron chi connectivity index (χ3n) is 6.32. The largest absolute Gasteiger partial charge is 0.497 e. The van der Waals surface area contributed by atoms with Crippen molar-refractivity contribution in [2.75, 3.05) is 45.7 Å². The number of amides is 2. The summed E-state index contributed by atoms with van der Waals surface area (Å²) in [5.41, 5.74) is 2.32. The van der Waals surface area contributed by atoms with Crippen molar-refractivity contribution < 1.29 is 19.1 Å². The maximum atomic E-state index is 13.5. The quantitative estimate of drug-likeness (QED) is 0.513. The first-order valence-corrected chi connectivity index (χ1v) is 12.1.